The van der Waals surface area contributed by atoms with E-state index < -0.39 is 5.60 Å². The van der Waals surface area contributed by atoms with E-state index in [-0.39, 0.29) is 0 Å². The van der Waals surface area contributed by atoms with Crippen LogP contribution in [0.1, 0.15) is 18.9 Å². The molecule has 1 atom stereocenters. The average Bonchev–Trinajstić information content (AvgIpc) is 2.59. The number of hydrogen-bond donors (Lipinski definition) is 2. The van der Waals surface area contributed by atoms with E-state index in [1.807, 2.05) is 19.1 Å². The molecule has 0 spiro atoms. The lowest BCUT2D eigenvalue weighted by atomic mass is 10.1. The number of hydrogen-bond acceptors (Lipinski definition) is 4. The summed E-state index contributed by atoms with van der Waals surface area (Å²) in [6.07, 6.45) is 2.59. The Labute approximate surface area is 89.7 Å². The molecule has 0 saturated carbocycles. The van der Waals surface area contributed by atoms with E-state index in [9.17, 15) is 5.11 Å². The molecule has 2 rings (SSSR count). The zero-order valence-electron chi connectivity index (χ0n) is 8.98. The highest BCUT2D eigenvalue weighted by molar-refractivity contribution is 5.41. The van der Waals surface area contributed by atoms with Gasteiger partial charge in [-0.3, -0.25) is 0 Å². The lowest BCUT2D eigenvalue weighted by Gasteiger charge is -2.19. The van der Waals surface area contributed by atoms with Gasteiger partial charge in [-0.25, -0.2) is 4.98 Å². The fourth-order valence-electron chi connectivity index (χ4n) is 1.87. The van der Waals surface area contributed by atoms with Crippen molar-refractivity contribution >= 4 is 5.82 Å². The summed E-state index contributed by atoms with van der Waals surface area (Å²) < 4.78 is 0. The van der Waals surface area contributed by atoms with Crippen molar-refractivity contribution in [1.82, 2.24) is 4.98 Å². The number of rotatable bonds is 2. The predicted octanol–water partition coefficient (Wildman–Crippen LogP) is 0.501. The summed E-state index contributed by atoms with van der Waals surface area (Å²) in [6, 6.07) is 3.94. The van der Waals surface area contributed by atoms with Crippen LogP contribution in [0, 0.1) is 0 Å². The first-order valence-electron chi connectivity index (χ1n) is 5.23. The molecule has 0 radical (unpaired) electrons. The topological polar surface area (TPSA) is 62.4 Å². The quantitative estimate of drug-likeness (QED) is 0.741. The van der Waals surface area contributed by atoms with Crippen molar-refractivity contribution in [2.75, 3.05) is 18.0 Å². The number of aromatic nitrogens is 1. The van der Waals surface area contributed by atoms with Gasteiger partial charge in [0.2, 0.25) is 0 Å². The fourth-order valence-corrected chi connectivity index (χ4v) is 1.87. The van der Waals surface area contributed by atoms with Gasteiger partial charge in [-0.15, -0.1) is 0 Å². The summed E-state index contributed by atoms with van der Waals surface area (Å²) in [5.74, 6) is 0.921. The molecule has 15 heavy (non-hydrogen) atoms. The van der Waals surface area contributed by atoms with E-state index >= 15 is 0 Å². The predicted molar refractivity (Wildman–Crippen MR) is 59.6 cm³/mol. The second-order valence-corrected chi connectivity index (χ2v) is 4.40. The smallest absolute Gasteiger partial charge is 0.128 e. The van der Waals surface area contributed by atoms with Crippen molar-refractivity contribution in [1.29, 1.82) is 0 Å². The van der Waals surface area contributed by atoms with Crippen molar-refractivity contribution in [3.8, 4) is 0 Å². The fraction of sp³-hybridized carbons (Fsp3) is 0.545. The SMILES string of the molecule is CC1(O)CCN(c2ccc(CN)cn2)C1. The van der Waals surface area contributed by atoms with Crippen LogP contribution in [0.15, 0.2) is 18.3 Å². The Balaban J connectivity index is 2.11. The Morgan fingerprint density at radius 3 is 2.87 bits per heavy atom. The molecule has 82 valence electrons. The molecule has 1 saturated heterocycles. The molecule has 4 heteroatoms. The Bertz CT molecular complexity index is 334. The Morgan fingerprint density at radius 2 is 2.40 bits per heavy atom. The maximum atomic E-state index is 9.84. The molecular formula is C11H17N3O. The molecule has 4 nitrogen and oxygen atoms in total. The van der Waals surface area contributed by atoms with Crippen LogP contribution in [-0.4, -0.2) is 28.8 Å². The van der Waals surface area contributed by atoms with Crippen molar-refractivity contribution in [2.24, 2.45) is 5.73 Å². The highest BCUT2D eigenvalue weighted by Gasteiger charge is 2.31. The maximum Gasteiger partial charge on any atom is 0.128 e. The number of nitrogens with zero attached hydrogens (tertiary/aromatic N) is 2. The van der Waals surface area contributed by atoms with Gasteiger partial charge >= 0.3 is 0 Å². The molecule has 1 unspecified atom stereocenters. The number of aliphatic hydroxyl groups is 1. The van der Waals surface area contributed by atoms with E-state index in [0.717, 1.165) is 24.3 Å². The molecule has 1 aromatic rings. The van der Waals surface area contributed by atoms with Crippen LogP contribution < -0.4 is 10.6 Å². The molecule has 1 aromatic heterocycles. The molecule has 1 aliphatic rings. The normalized spacial score (nSPS) is 25.9. The van der Waals surface area contributed by atoms with Crippen LogP contribution in [0.4, 0.5) is 5.82 Å². The largest absolute Gasteiger partial charge is 0.388 e. The minimum absolute atomic E-state index is 0.519. The van der Waals surface area contributed by atoms with Crippen LogP contribution in [0.25, 0.3) is 0 Å². The Hall–Kier alpha value is -1.13. The van der Waals surface area contributed by atoms with Crippen molar-refractivity contribution in [3.05, 3.63) is 23.9 Å². The van der Waals surface area contributed by atoms with Gasteiger partial charge in [0.05, 0.1) is 5.60 Å². The molecule has 1 aliphatic heterocycles. The molecule has 0 aromatic carbocycles. The lowest BCUT2D eigenvalue weighted by Crippen LogP contribution is -2.29. The number of pyridine rings is 1. The van der Waals surface area contributed by atoms with Gasteiger partial charge in [0.1, 0.15) is 5.82 Å². The first-order chi connectivity index (χ1) is 7.11. The van der Waals surface area contributed by atoms with Gasteiger partial charge in [-0.1, -0.05) is 6.07 Å². The second kappa shape index (κ2) is 3.79. The van der Waals surface area contributed by atoms with Crippen molar-refractivity contribution < 1.29 is 5.11 Å². The summed E-state index contributed by atoms with van der Waals surface area (Å²) in [7, 11) is 0. The van der Waals surface area contributed by atoms with Crippen LogP contribution in [-0.2, 0) is 6.54 Å². The third kappa shape index (κ3) is 2.27. The third-order valence-corrected chi connectivity index (χ3v) is 2.82. The van der Waals surface area contributed by atoms with E-state index in [1.54, 1.807) is 6.20 Å². The number of β-amino-alcohol motifs (C(OH)–C–C–N with tert-alkyl or cyclic N) is 1. The standard InChI is InChI=1S/C11H17N3O/c1-11(15)4-5-14(8-11)10-3-2-9(6-12)7-13-10/h2-3,7,15H,4-6,8,12H2,1H3. The van der Waals surface area contributed by atoms with Crippen LogP contribution in [0.5, 0.6) is 0 Å². The summed E-state index contributed by atoms with van der Waals surface area (Å²) in [4.78, 5) is 6.43. The number of nitrogens with two attached hydrogens (primary N) is 1. The highest BCUT2D eigenvalue weighted by atomic mass is 16.3. The summed E-state index contributed by atoms with van der Waals surface area (Å²) in [6.45, 7) is 3.90. The monoisotopic (exact) mass is 207 g/mol. The first-order valence-corrected chi connectivity index (χ1v) is 5.23. The minimum atomic E-state index is -0.575. The second-order valence-electron chi connectivity index (χ2n) is 4.40. The lowest BCUT2D eigenvalue weighted by molar-refractivity contribution is 0.0839. The molecule has 2 heterocycles. The van der Waals surface area contributed by atoms with Gasteiger partial charge in [-0.2, -0.15) is 0 Å². The Morgan fingerprint density at radius 1 is 1.60 bits per heavy atom. The summed E-state index contributed by atoms with van der Waals surface area (Å²) >= 11 is 0. The van der Waals surface area contributed by atoms with E-state index in [0.29, 0.717) is 13.1 Å². The van der Waals surface area contributed by atoms with Gasteiger partial charge < -0.3 is 15.7 Å². The minimum Gasteiger partial charge on any atom is -0.388 e. The van der Waals surface area contributed by atoms with Gasteiger partial charge in [0.15, 0.2) is 0 Å². The Kier molecular flexibility index (Phi) is 2.63. The first kappa shape index (κ1) is 10.4. The zero-order chi connectivity index (χ0) is 10.9. The molecule has 1 fully saturated rings. The van der Waals surface area contributed by atoms with Crippen molar-refractivity contribution in [2.45, 2.75) is 25.5 Å². The molecule has 0 aliphatic carbocycles. The highest BCUT2D eigenvalue weighted by Crippen LogP contribution is 2.24. The van der Waals surface area contributed by atoms with Crippen LogP contribution >= 0.6 is 0 Å². The summed E-state index contributed by atoms with van der Waals surface area (Å²) in [5, 5.41) is 9.84. The molecular weight excluding hydrogens is 190 g/mol. The van der Waals surface area contributed by atoms with E-state index in [1.165, 1.54) is 0 Å². The molecule has 3 N–H and O–H groups in total. The van der Waals surface area contributed by atoms with Crippen molar-refractivity contribution in [3.63, 3.8) is 0 Å². The zero-order valence-corrected chi connectivity index (χ0v) is 8.98. The molecule has 0 amide bonds. The van der Waals surface area contributed by atoms with Gasteiger partial charge in [-0.05, 0) is 25.0 Å². The summed E-state index contributed by atoms with van der Waals surface area (Å²) in [5.41, 5.74) is 5.96. The number of anilines is 1. The van der Waals surface area contributed by atoms with Gasteiger partial charge in [0.25, 0.3) is 0 Å². The molecule has 0 bridgehead atoms. The third-order valence-electron chi connectivity index (χ3n) is 2.82. The van der Waals surface area contributed by atoms with Gasteiger partial charge in [0, 0.05) is 25.8 Å². The average molecular weight is 207 g/mol. The van der Waals surface area contributed by atoms with E-state index in [4.69, 9.17) is 5.73 Å². The van der Waals surface area contributed by atoms with Crippen LogP contribution in [0.2, 0.25) is 0 Å². The van der Waals surface area contributed by atoms with Crippen LogP contribution in [0.3, 0.4) is 0 Å². The van der Waals surface area contributed by atoms with E-state index in [2.05, 4.69) is 9.88 Å². The maximum absolute atomic E-state index is 9.84.